The van der Waals surface area contributed by atoms with E-state index in [0.29, 0.717) is 17.0 Å². The summed E-state index contributed by atoms with van der Waals surface area (Å²) in [6.07, 6.45) is 0. The molecule has 22 heavy (non-hydrogen) atoms. The van der Waals surface area contributed by atoms with Crippen LogP contribution in [0.5, 0.6) is 0 Å². The number of rotatable bonds is 1. The summed E-state index contributed by atoms with van der Waals surface area (Å²) in [4.78, 5) is 7.84. The van der Waals surface area contributed by atoms with E-state index < -0.39 is 0 Å². The Labute approximate surface area is 142 Å². The molecular weight excluding hydrogens is 410 g/mol. The number of para-hydroxylation sites is 1. The van der Waals surface area contributed by atoms with Gasteiger partial charge in [-0.2, -0.15) is 0 Å². The van der Waals surface area contributed by atoms with Crippen LogP contribution < -0.4 is 5.55 Å². The van der Waals surface area contributed by atoms with Gasteiger partial charge in [0.25, 0.3) is 0 Å². The predicted octanol–water partition coefficient (Wildman–Crippen LogP) is 4.98. The molecule has 0 aliphatic rings. The van der Waals surface area contributed by atoms with E-state index in [2.05, 4.69) is 41.8 Å². The van der Waals surface area contributed by atoms with Gasteiger partial charge in [-0.1, -0.05) is 34.1 Å². The fourth-order valence-electron chi connectivity index (χ4n) is 2.42. The summed E-state index contributed by atoms with van der Waals surface area (Å²) in [5, 5.41) is 9.05. The Balaban J connectivity index is 2.00. The molecule has 6 heteroatoms. The van der Waals surface area contributed by atoms with Crippen LogP contribution in [0.4, 0.5) is 0 Å². The summed E-state index contributed by atoms with van der Waals surface area (Å²) < 4.78 is 7.43. The van der Waals surface area contributed by atoms with Gasteiger partial charge in [-0.15, -0.1) is 0 Å². The summed E-state index contributed by atoms with van der Waals surface area (Å²) in [7, 11) is 0. The van der Waals surface area contributed by atoms with Gasteiger partial charge in [-0.3, -0.25) is 5.41 Å². The zero-order valence-electron chi connectivity index (χ0n) is 11.2. The van der Waals surface area contributed by atoms with Crippen molar-refractivity contribution in [1.29, 1.82) is 5.41 Å². The molecule has 4 rings (SSSR count). The van der Waals surface area contributed by atoms with Crippen molar-refractivity contribution in [3.63, 3.8) is 0 Å². The first kappa shape index (κ1) is 13.7. The average Bonchev–Trinajstić information content (AvgIpc) is 2.90. The van der Waals surface area contributed by atoms with E-state index in [4.69, 9.17) is 9.83 Å². The standard InChI is InChI=1S/C16H9Br2N3O/c17-9-6-11(18)14-12(7-9)20-16(21-14)10-5-8-3-1-2-4-13(8)22-15(10)19/h1-7,19H,(H,20,21). The third-order valence-corrected chi connectivity index (χ3v) is 4.50. The van der Waals surface area contributed by atoms with E-state index in [1.54, 1.807) is 0 Å². The normalized spacial score (nSPS) is 11.4. The Morgan fingerprint density at radius 2 is 1.91 bits per heavy atom. The molecule has 0 atom stereocenters. The molecule has 0 amide bonds. The molecule has 0 aliphatic carbocycles. The minimum absolute atomic E-state index is 0.0907. The molecule has 0 saturated carbocycles. The van der Waals surface area contributed by atoms with E-state index in [1.165, 1.54) is 0 Å². The number of aromatic amines is 1. The van der Waals surface area contributed by atoms with Crippen molar-refractivity contribution in [2.45, 2.75) is 0 Å². The van der Waals surface area contributed by atoms with Crippen molar-refractivity contribution >= 4 is 53.9 Å². The van der Waals surface area contributed by atoms with Crippen molar-refractivity contribution in [2.75, 3.05) is 0 Å². The summed E-state index contributed by atoms with van der Waals surface area (Å²) in [6, 6.07) is 13.5. The molecule has 108 valence electrons. The zero-order chi connectivity index (χ0) is 15.3. The Kier molecular flexibility index (Phi) is 3.16. The SMILES string of the molecule is N=c1oc2ccccc2cc1-c1nc2c(Br)cc(Br)cc2[nH]1. The van der Waals surface area contributed by atoms with E-state index in [0.717, 1.165) is 25.4 Å². The van der Waals surface area contributed by atoms with Crippen molar-refractivity contribution in [3.8, 4) is 11.4 Å². The van der Waals surface area contributed by atoms with Gasteiger partial charge >= 0.3 is 0 Å². The highest BCUT2D eigenvalue weighted by Gasteiger charge is 2.12. The number of H-pyrrole nitrogens is 1. The number of imidazole rings is 1. The Hall–Kier alpha value is -1.92. The van der Waals surface area contributed by atoms with Crippen molar-refractivity contribution in [2.24, 2.45) is 0 Å². The number of hydrogen-bond donors (Lipinski definition) is 2. The lowest BCUT2D eigenvalue weighted by Crippen LogP contribution is -2.03. The van der Waals surface area contributed by atoms with Crippen molar-refractivity contribution < 1.29 is 4.42 Å². The van der Waals surface area contributed by atoms with Gasteiger partial charge in [0.15, 0.2) is 0 Å². The lowest BCUT2D eigenvalue weighted by molar-refractivity contribution is 0.535. The van der Waals surface area contributed by atoms with Gasteiger partial charge in [-0.25, -0.2) is 4.98 Å². The molecule has 4 aromatic rings. The maximum Gasteiger partial charge on any atom is 0.223 e. The number of benzene rings is 2. The third kappa shape index (κ3) is 2.19. The first-order valence-corrected chi connectivity index (χ1v) is 8.13. The van der Waals surface area contributed by atoms with Crippen LogP contribution in [-0.2, 0) is 0 Å². The first-order chi connectivity index (χ1) is 10.6. The second kappa shape index (κ2) is 5.07. The lowest BCUT2D eigenvalue weighted by atomic mass is 10.2. The molecule has 0 radical (unpaired) electrons. The highest BCUT2D eigenvalue weighted by atomic mass is 79.9. The van der Waals surface area contributed by atoms with Gasteiger partial charge < -0.3 is 9.40 Å². The topological polar surface area (TPSA) is 65.7 Å². The maximum atomic E-state index is 8.11. The first-order valence-electron chi connectivity index (χ1n) is 6.54. The fourth-order valence-corrected chi connectivity index (χ4v) is 3.74. The Bertz CT molecular complexity index is 1080. The number of fused-ring (bicyclic) bond motifs is 2. The second-order valence-corrected chi connectivity index (χ2v) is 6.67. The molecule has 0 bridgehead atoms. The van der Waals surface area contributed by atoms with Crippen LogP contribution in [0.2, 0.25) is 0 Å². The van der Waals surface area contributed by atoms with E-state index in [1.807, 2.05) is 42.5 Å². The number of halogens is 2. The Morgan fingerprint density at radius 3 is 2.77 bits per heavy atom. The van der Waals surface area contributed by atoms with Gasteiger partial charge in [0.1, 0.15) is 16.9 Å². The quantitative estimate of drug-likeness (QED) is 0.457. The van der Waals surface area contributed by atoms with E-state index >= 15 is 0 Å². The van der Waals surface area contributed by atoms with Gasteiger partial charge in [0.2, 0.25) is 5.55 Å². The molecule has 0 aliphatic heterocycles. The molecular formula is C16H9Br2N3O. The highest BCUT2D eigenvalue weighted by molar-refractivity contribution is 9.11. The van der Waals surface area contributed by atoms with E-state index in [-0.39, 0.29) is 5.55 Å². The summed E-state index contributed by atoms with van der Waals surface area (Å²) in [5.74, 6) is 0.619. The third-order valence-electron chi connectivity index (χ3n) is 3.44. The molecule has 2 heterocycles. The van der Waals surface area contributed by atoms with Crippen molar-refractivity contribution in [3.05, 3.63) is 57.0 Å². The van der Waals surface area contributed by atoms with Crippen LogP contribution in [0.25, 0.3) is 33.4 Å². The van der Waals surface area contributed by atoms with Crippen LogP contribution in [0.3, 0.4) is 0 Å². The largest absolute Gasteiger partial charge is 0.438 e. The molecule has 2 N–H and O–H groups in total. The van der Waals surface area contributed by atoms with Gasteiger partial charge in [0, 0.05) is 14.3 Å². The van der Waals surface area contributed by atoms with Gasteiger partial charge in [-0.05, 0) is 40.2 Å². The number of hydrogen-bond acceptors (Lipinski definition) is 3. The number of nitrogens with zero attached hydrogens (tertiary/aromatic N) is 1. The highest BCUT2D eigenvalue weighted by Crippen LogP contribution is 2.29. The van der Waals surface area contributed by atoms with Crippen LogP contribution in [0.1, 0.15) is 0 Å². The Morgan fingerprint density at radius 1 is 1.09 bits per heavy atom. The predicted molar refractivity (Wildman–Crippen MR) is 92.6 cm³/mol. The monoisotopic (exact) mass is 417 g/mol. The number of aromatic nitrogens is 2. The summed E-state index contributed by atoms with van der Waals surface area (Å²) in [6.45, 7) is 0. The minimum atomic E-state index is 0.0907. The van der Waals surface area contributed by atoms with Crippen molar-refractivity contribution in [1.82, 2.24) is 9.97 Å². The van der Waals surface area contributed by atoms with Gasteiger partial charge in [0.05, 0.1) is 11.1 Å². The maximum absolute atomic E-state index is 8.11. The molecule has 0 fully saturated rings. The molecule has 0 saturated heterocycles. The van der Waals surface area contributed by atoms with Crippen LogP contribution in [0.15, 0.2) is 55.8 Å². The smallest absolute Gasteiger partial charge is 0.223 e. The summed E-state index contributed by atoms with van der Waals surface area (Å²) in [5.41, 5.74) is 3.14. The molecule has 4 nitrogen and oxygen atoms in total. The van der Waals surface area contributed by atoms with Crippen LogP contribution >= 0.6 is 31.9 Å². The lowest BCUT2D eigenvalue weighted by Gasteiger charge is -2.00. The average molecular weight is 419 g/mol. The zero-order valence-corrected chi connectivity index (χ0v) is 14.3. The fraction of sp³-hybridized carbons (Fsp3) is 0. The molecule has 2 aromatic heterocycles. The molecule has 0 unspecified atom stereocenters. The van der Waals surface area contributed by atoms with Crippen LogP contribution in [0, 0.1) is 5.41 Å². The molecule has 2 aromatic carbocycles. The summed E-state index contributed by atoms with van der Waals surface area (Å²) >= 11 is 6.97. The second-order valence-electron chi connectivity index (χ2n) is 4.90. The molecule has 0 spiro atoms. The minimum Gasteiger partial charge on any atom is -0.438 e. The van der Waals surface area contributed by atoms with E-state index in [9.17, 15) is 0 Å². The number of nitrogens with one attached hydrogen (secondary N) is 2. The van der Waals surface area contributed by atoms with Crippen LogP contribution in [-0.4, -0.2) is 9.97 Å².